The molecule has 0 saturated heterocycles. The number of nitrogens with one attached hydrogen (secondary N) is 1. The molecule has 0 bridgehead atoms. The minimum absolute atomic E-state index is 0.0547. The average Bonchev–Trinajstić information content (AvgIpc) is 2.71. The van der Waals surface area contributed by atoms with E-state index in [-0.39, 0.29) is 5.57 Å². The Morgan fingerprint density at radius 2 is 1.57 bits per heavy atom. The zero-order valence-corrected chi connectivity index (χ0v) is 17.8. The lowest BCUT2D eigenvalue weighted by Crippen LogP contribution is -2.13. The lowest BCUT2D eigenvalue weighted by atomic mass is 10.1. The summed E-state index contributed by atoms with van der Waals surface area (Å²) in [6.45, 7) is 0.403. The van der Waals surface area contributed by atoms with Gasteiger partial charge in [-0.25, -0.2) is 0 Å². The predicted molar refractivity (Wildman–Crippen MR) is 121 cm³/mol. The fraction of sp³-hybridized carbons (Fsp3) is 0.0435. The van der Waals surface area contributed by atoms with Crippen molar-refractivity contribution in [3.05, 3.63) is 98.5 Å². The fourth-order valence-corrected chi connectivity index (χ4v) is 3.20. The summed E-state index contributed by atoms with van der Waals surface area (Å²) in [5.74, 6) is 0.109. The maximum Gasteiger partial charge on any atom is 0.266 e. The van der Waals surface area contributed by atoms with Gasteiger partial charge >= 0.3 is 0 Å². The van der Waals surface area contributed by atoms with Gasteiger partial charge in [-0.2, -0.15) is 5.26 Å². The van der Waals surface area contributed by atoms with Gasteiger partial charge in [0.05, 0.1) is 0 Å². The molecule has 0 aliphatic heterocycles. The van der Waals surface area contributed by atoms with Crippen molar-refractivity contribution in [3.63, 3.8) is 0 Å². The Morgan fingerprint density at radius 3 is 2.17 bits per heavy atom. The van der Waals surface area contributed by atoms with Crippen molar-refractivity contribution in [2.75, 3.05) is 5.32 Å². The molecule has 0 atom stereocenters. The van der Waals surface area contributed by atoms with Crippen molar-refractivity contribution in [2.45, 2.75) is 6.61 Å². The number of rotatable bonds is 6. The predicted octanol–water partition coefficient (Wildman–Crippen LogP) is 6.77. The molecule has 0 aliphatic rings. The topological polar surface area (TPSA) is 62.1 Å². The molecule has 3 aromatic rings. The van der Waals surface area contributed by atoms with Crippen LogP contribution in [0.25, 0.3) is 6.08 Å². The van der Waals surface area contributed by atoms with Gasteiger partial charge in [0.25, 0.3) is 5.91 Å². The summed E-state index contributed by atoms with van der Waals surface area (Å²) in [4.78, 5) is 12.4. The van der Waals surface area contributed by atoms with E-state index in [1.807, 2.05) is 18.2 Å². The van der Waals surface area contributed by atoms with Gasteiger partial charge in [-0.3, -0.25) is 4.79 Å². The first-order chi connectivity index (χ1) is 14.4. The zero-order valence-electron chi connectivity index (χ0n) is 15.5. The first kappa shape index (κ1) is 21.7. The van der Waals surface area contributed by atoms with Crippen LogP contribution in [0.15, 0.2) is 72.3 Å². The van der Waals surface area contributed by atoms with Gasteiger partial charge < -0.3 is 10.1 Å². The highest BCUT2D eigenvalue weighted by molar-refractivity contribution is 6.35. The van der Waals surface area contributed by atoms with Crippen LogP contribution in [0.1, 0.15) is 11.1 Å². The highest BCUT2D eigenvalue weighted by atomic mass is 35.5. The smallest absolute Gasteiger partial charge is 0.266 e. The van der Waals surface area contributed by atoms with E-state index >= 15 is 0 Å². The Kier molecular flexibility index (Phi) is 7.37. The number of ether oxygens (including phenoxy) is 1. The molecule has 150 valence electrons. The van der Waals surface area contributed by atoms with Crippen LogP contribution in [-0.2, 0) is 11.4 Å². The molecule has 1 amide bonds. The first-order valence-electron chi connectivity index (χ1n) is 8.79. The van der Waals surface area contributed by atoms with Crippen LogP contribution in [0.4, 0.5) is 5.69 Å². The van der Waals surface area contributed by atoms with E-state index < -0.39 is 5.91 Å². The molecule has 0 fully saturated rings. The van der Waals surface area contributed by atoms with E-state index in [0.29, 0.717) is 38.7 Å². The van der Waals surface area contributed by atoms with E-state index in [1.165, 1.54) is 6.08 Å². The van der Waals surface area contributed by atoms with Gasteiger partial charge in [-0.15, -0.1) is 0 Å². The Labute approximate surface area is 189 Å². The van der Waals surface area contributed by atoms with Crippen LogP contribution in [0.2, 0.25) is 15.1 Å². The summed E-state index contributed by atoms with van der Waals surface area (Å²) in [6.07, 6.45) is 1.49. The van der Waals surface area contributed by atoms with Gasteiger partial charge in [-0.1, -0.05) is 59.1 Å². The van der Waals surface area contributed by atoms with Crippen molar-refractivity contribution in [3.8, 4) is 11.8 Å². The number of carbonyl (C=O) groups is 1. The Hall–Kier alpha value is -2.97. The Morgan fingerprint density at radius 1 is 0.933 bits per heavy atom. The highest BCUT2D eigenvalue weighted by Gasteiger charge is 2.10. The van der Waals surface area contributed by atoms with Crippen molar-refractivity contribution < 1.29 is 9.53 Å². The van der Waals surface area contributed by atoms with Gasteiger partial charge in [-0.05, 0) is 59.7 Å². The third-order valence-electron chi connectivity index (χ3n) is 4.00. The average molecular weight is 458 g/mol. The van der Waals surface area contributed by atoms with E-state index in [2.05, 4.69) is 5.32 Å². The molecule has 0 saturated carbocycles. The molecule has 3 aromatic carbocycles. The van der Waals surface area contributed by atoms with Crippen LogP contribution >= 0.6 is 34.8 Å². The summed E-state index contributed by atoms with van der Waals surface area (Å²) >= 11 is 17.7. The van der Waals surface area contributed by atoms with E-state index in [9.17, 15) is 10.1 Å². The maximum absolute atomic E-state index is 12.4. The molecule has 0 spiro atoms. The number of halogens is 3. The number of amides is 1. The SMILES string of the molecule is N#C/C(=C/c1ccc(OCc2ccc(Cl)cc2)cc1)C(=O)Nc1cc(Cl)cc(Cl)c1. The molecule has 1 N–H and O–H groups in total. The number of nitrogens with zero attached hydrogens (tertiary/aromatic N) is 1. The summed E-state index contributed by atoms with van der Waals surface area (Å²) in [5.41, 5.74) is 2.03. The van der Waals surface area contributed by atoms with Crippen molar-refractivity contribution in [1.29, 1.82) is 5.26 Å². The monoisotopic (exact) mass is 456 g/mol. The molecule has 0 aliphatic carbocycles. The number of hydrogen-bond donors (Lipinski definition) is 1. The van der Waals surface area contributed by atoms with Crippen LogP contribution in [0.5, 0.6) is 5.75 Å². The standard InChI is InChI=1S/C23H15Cl3N2O2/c24-18-5-1-16(2-6-18)14-30-22-7-3-15(4-8-22)9-17(13-27)23(29)28-21-11-19(25)10-20(26)12-21/h1-12H,14H2,(H,28,29)/b17-9-. The highest BCUT2D eigenvalue weighted by Crippen LogP contribution is 2.23. The largest absolute Gasteiger partial charge is 0.489 e. The molecule has 4 nitrogen and oxygen atoms in total. The molecule has 7 heteroatoms. The minimum atomic E-state index is -0.557. The molecular formula is C23H15Cl3N2O2. The molecule has 3 rings (SSSR count). The summed E-state index contributed by atoms with van der Waals surface area (Å²) < 4.78 is 5.73. The summed E-state index contributed by atoms with van der Waals surface area (Å²) in [6, 6.07) is 21.0. The molecule has 30 heavy (non-hydrogen) atoms. The zero-order chi connectivity index (χ0) is 21.5. The molecule has 0 heterocycles. The Bertz CT molecular complexity index is 1100. The molecule has 0 unspecified atom stereocenters. The van der Waals surface area contributed by atoms with Crippen LogP contribution in [-0.4, -0.2) is 5.91 Å². The van der Waals surface area contributed by atoms with E-state index in [4.69, 9.17) is 39.5 Å². The summed E-state index contributed by atoms with van der Waals surface area (Å²) in [7, 11) is 0. The van der Waals surface area contributed by atoms with Crippen molar-refractivity contribution in [1.82, 2.24) is 0 Å². The molecule has 0 aromatic heterocycles. The summed E-state index contributed by atoms with van der Waals surface area (Å²) in [5, 5.41) is 13.4. The number of nitriles is 1. The lowest BCUT2D eigenvalue weighted by Gasteiger charge is -2.07. The van der Waals surface area contributed by atoms with Gasteiger partial charge in [0.2, 0.25) is 0 Å². The molecule has 0 radical (unpaired) electrons. The van der Waals surface area contributed by atoms with E-state index in [0.717, 1.165) is 5.56 Å². The Balaban J connectivity index is 1.65. The lowest BCUT2D eigenvalue weighted by molar-refractivity contribution is -0.112. The van der Waals surface area contributed by atoms with Crippen LogP contribution in [0, 0.1) is 11.3 Å². The second-order valence-corrected chi connectivity index (χ2v) is 7.58. The molecular weight excluding hydrogens is 443 g/mol. The number of carbonyl (C=O) groups excluding carboxylic acids is 1. The minimum Gasteiger partial charge on any atom is -0.489 e. The number of hydrogen-bond acceptors (Lipinski definition) is 3. The second-order valence-electron chi connectivity index (χ2n) is 6.27. The number of benzene rings is 3. The van der Waals surface area contributed by atoms with Gasteiger partial charge in [0, 0.05) is 20.8 Å². The van der Waals surface area contributed by atoms with Crippen LogP contribution in [0.3, 0.4) is 0 Å². The second kappa shape index (κ2) is 10.2. The maximum atomic E-state index is 12.4. The normalized spacial score (nSPS) is 10.9. The third kappa shape index (κ3) is 6.27. The van der Waals surface area contributed by atoms with Crippen molar-refractivity contribution in [2.24, 2.45) is 0 Å². The van der Waals surface area contributed by atoms with Crippen LogP contribution < -0.4 is 10.1 Å². The first-order valence-corrected chi connectivity index (χ1v) is 9.93. The van der Waals surface area contributed by atoms with Gasteiger partial charge in [0.1, 0.15) is 24.0 Å². The van der Waals surface area contributed by atoms with Crippen molar-refractivity contribution >= 4 is 52.5 Å². The van der Waals surface area contributed by atoms with E-state index in [1.54, 1.807) is 54.6 Å². The number of anilines is 1. The quantitative estimate of drug-likeness (QED) is 0.328. The fourth-order valence-electron chi connectivity index (χ4n) is 2.55. The third-order valence-corrected chi connectivity index (χ3v) is 4.68. The van der Waals surface area contributed by atoms with Gasteiger partial charge in [0.15, 0.2) is 0 Å².